The Morgan fingerprint density at radius 1 is 1.19 bits per heavy atom. The number of carbonyl (C=O) groups is 3. The maximum absolute atomic E-state index is 12.7. The third kappa shape index (κ3) is 4.53. The van der Waals surface area contributed by atoms with E-state index in [9.17, 15) is 14.4 Å². The van der Waals surface area contributed by atoms with Crippen LogP contribution in [0.5, 0.6) is 0 Å². The number of furan rings is 1. The molecule has 0 unspecified atom stereocenters. The second-order valence-corrected chi connectivity index (χ2v) is 6.19. The average Bonchev–Trinajstić information content (AvgIpc) is 3.33. The fourth-order valence-corrected chi connectivity index (χ4v) is 3.05. The van der Waals surface area contributed by atoms with Crippen molar-refractivity contribution in [1.82, 2.24) is 4.90 Å². The van der Waals surface area contributed by atoms with Crippen LogP contribution in [-0.4, -0.2) is 48.9 Å². The smallest absolute Gasteiger partial charge is 0.290 e. The summed E-state index contributed by atoms with van der Waals surface area (Å²) in [7, 11) is 1.44. The summed E-state index contributed by atoms with van der Waals surface area (Å²) in [5.74, 6) is -0.629. The normalized spacial score (nSPS) is 16.2. The molecular formula is C19H21N3O5. The zero-order chi connectivity index (χ0) is 19.2. The quantitative estimate of drug-likeness (QED) is 0.810. The topological polar surface area (TPSA) is 101 Å². The molecule has 0 radical (unpaired) electrons. The first-order valence-corrected chi connectivity index (χ1v) is 8.62. The summed E-state index contributed by atoms with van der Waals surface area (Å²) in [6, 6.07) is 9.47. The number of likely N-dealkylation sites (tertiary alicyclic amines) is 1. The molecule has 3 rings (SSSR count). The van der Waals surface area contributed by atoms with Gasteiger partial charge in [-0.25, -0.2) is 0 Å². The van der Waals surface area contributed by atoms with Crippen LogP contribution < -0.4 is 10.6 Å². The summed E-state index contributed by atoms with van der Waals surface area (Å²) in [5.41, 5.74) is 1.08. The second kappa shape index (κ2) is 8.50. The van der Waals surface area contributed by atoms with Gasteiger partial charge in [-0.05, 0) is 43.2 Å². The number of nitrogens with zero attached hydrogens (tertiary/aromatic N) is 1. The average molecular weight is 371 g/mol. The van der Waals surface area contributed by atoms with Crippen LogP contribution in [-0.2, 0) is 14.3 Å². The van der Waals surface area contributed by atoms with Crippen molar-refractivity contribution in [2.24, 2.45) is 0 Å². The van der Waals surface area contributed by atoms with Crippen molar-refractivity contribution in [1.29, 1.82) is 0 Å². The SMILES string of the molecule is COCC(=O)Nc1cccc(NC(=O)[C@@H]2CCCN2C(=O)c2ccco2)c1. The summed E-state index contributed by atoms with van der Waals surface area (Å²) < 4.78 is 9.93. The Balaban J connectivity index is 1.66. The van der Waals surface area contributed by atoms with Crippen LogP contribution in [0, 0.1) is 0 Å². The van der Waals surface area contributed by atoms with Gasteiger partial charge in [0, 0.05) is 25.0 Å². The van der Waals surface area contributed by atoms with E-state index in [1.807, 2.05) is 0 Å². The van der Waals surface area contributed by atoms with Crippen LogP contribution in [0.1, 0.15) is 23.4 Å². The summed E-state index contributed by atoms with van der Waals surface area (Å²) in [5, 5.41) is 5.49. The fraction of sp³-hybridized carbons (Fsp3) is 0.316. The molecule has 1 aromatic carbocycles. The van der Waals surface area contributed by atoms with Gasteiger partial charge < -0.3 is 24.7 Å². The van der Waals surface area contributed by atoms with Crippen molar-refractivity contribution in [3.05, 3.63) is 48.4 Å². The van der Waals surface area contributed by atoms with Crippen molar-refractivity contribution in [3.8, 4) is 0 Å². The van der Waals surface area contributed by atoms with Crippen molar-refractivity contribution in [3.63, 3.8) is 0 Å². The minimum atomic E-state index is -0.561. The standard InChI is InChI=1S/C19H21N3O5/c1-26-12-17(23)20-13-5-2-6-14(11-13)21-18(24)15-7-3-9-22(15)19(25)16-8-4-10-27-16/h2,4-6,8,10-11,15H,3,7,9,12H2,1H3,(H,20,23)(H,21,24)/t15-/m0/s1. The first-order chi connectivity index (χ1) is 13.1. The Morgan fingerprint density at radius 2 is 1.96 bits per heavy atom. The van der Waals surface area contributed by atoms with Crippen LogP contribution in [0.15, 0.2) is 47.1 Å². The highest BCUT2D eigenvalue weighted by molar-refractivity contribution is 6.01. The van der Waals surface area contributed by atoms with Gasteiger partial charge in [-0.2, -0.15) is 0 Å². The lowest BCUT2D eigenvalue weighted by Gasteiger charge is -2.23. The highest BCUT2D eigenvalue weighted by atomic mass is 16.5. The minimum Gasteiger partial charge on any atom is -0.459 e. The van der Waals surface area contributed by atoms with E-state index in [1.165, 1.54) is 18.3 Å². The molecule has 0 saturated carbocycles. The number of hydrogen-bond acceptors (Lipinski definition) is 5. The largest absolute Gasteiger partial charge is 0.459 e. The van der Waals surface area contributed by atoms with Crippen molar-refractivity contribution < 1.29 is 23.5 Å². The molecule has 27 heavy (non-hydrogen) atoms. The molecule has 2 N–H and O–H groups in total. The van der Waals surface area contributed by atoms with E-state index >= 15 is 0 Å². The summed E-state index contributed by atoms with van der Waals surface area (Å²) in [6.07, 6.45) is 2.77. The Hall–Kier alpha value is -3.13. The van der Waals surface area contributed by atoms with Gasteiger partial charge in [0.05, 0.1) is 6.26 Å². The predicted octanol–water partition coefficient (Wildman–Crippen LogP) is 2.11. The zero-order valence-electron chi connectivity index (χ0n) is 14.9. The van der Waals surface area contributed by atoms with Crippen molar-refractivity contribution in [2.75, 3.05) is 30.9 Å². The number of ether oxygens (including phenoxy) is 1. The van der Waals surface area contributed by atoms with Gasteiger partial charge in [0.15, 0.2) is 5.76 Å². The Bertz CT molecular complexity index is 819. The van der Waals surface area contributed by atoms with Crippen LogP contribution in [0.2, 0.25) is 0 Å². The van der Waals surface area contributed by atoms with Crippen LogP contribution >= 0.6 is 0 Å². The number of nitrogens with one attached hydrogen (secondary N) is 2. The van der Waals surface area contributed by atoms with Crippen molar-refractivity contribution in [2.45, 2.75) is 18.9 Å². The number of amides is 3. The summed E-state index contributed by atoms with van der Waals surface area (Å²) in [4.78, 5) is 38.3. The molecule has 0 bridgehead atoms. The molecule has 2 heterocycles. The molecule has 2 aromatic rings. The fourth-order valence-electron chi connectivity index (χ4n) is 3.05. The lowest BCUT2D eigenvalue weighted by Crippen LogP contribution is -2.43. The first-order valence-electron chi connectivity index (χ1n) is 8.62. The van der Waals surface area contributed by atoms with E-state index in [2.05, 4.69) is 10.6 Å². The van der Waals surface area contributed by atoms with Gasteiger partial charge in [0.2, 0.25) is 11.8 Å². The molecule has 1 saturated heterocycles. The number of anilines is 2. The molecule has 1 atom stereocenters. The van der Waals surface area contributed by atoms with Gasteiger partial charge in [-0.3, -0.25) is 14.4 Å². The molecule has 142 valence electrons. The molecule has 1 aliphatic heterocycles. The van der Waals surface area contributed by atoms with Crippen LogP contribution in [0.25, 0.3) is 0 Å². The van der Waals surface area contributed by atoms with E-state index in [-0.39, 0.29) is 30.1 Å². The molecular weight excluding hydrogens is 350 g/mol. The molecule has 0 spiro atoms. The third-order valence-electron chi connectivity index (χ3n) is 4.24. The van der Waals surface area contributed by atoms with E-state index in [1.54, 1.807) is 36.4 Å². The first kappa shape index (κ1) is 18.7. The van der Waals surface area contributed by atoms with Gasteiger partial charge in [-0.15, -0.1) is 0 Å². The lowest BCUT2D eigenvalue weighted by atomic mass is 10.2. The highest BCUT2D eigenvalue weighted by Crippen LogP contribution is 2.23. The van der Waals surface area contributed by atoms with Gasteiger partial charge >= 0.3 is 0 Å². The molecule has 8 nitrogen and oxygen atoms in total. The molecule has 0 aliphatic carbocycles. The van der Waals surface area contributed by atoms with E-state index < -0.39 is 6.04 Å². The molecule has 1 fully saturated rings. The van der Waals surface area contributed by atoms with E-state index in [0.717, 1.165) is 6.42 Å². The number of hydrogen-bond donors (Lipinski definition) is 2. The number of carbonyl (C=O) groups excluding carboxylic acids is 3. The number of methoxy groups -OCH3 is 1. The predicted molar refractivity (Wildman–Crippen MR) is 98.3 cm³/mol. The Kier molecular flexibility index (Phi) is 5.87. The number of benzene rings is 1. The minimum absolute atomic E-state index is 0.0531. The lowest BCUT2D eigenvalue weighted by molar-refractivity contribution is -0.120. The zero-order valence-corrected chi connectivity index (χ0v) is 14.9. The molecule has 1 aliphatic rings. The van der Waals surface area contributed by atoms with E-state index in [0.29, 0.717) is 24.3 Å². The summed E-state index contributed by atoms with van der Waals surface area (Å²) >= 11 is 0. The maximum atomic E-state index is 12.7. The van der Waals surface area contributed by atoms with Gasteiger partial charge in [-0.1, -0.05) is 6.07 Å². The summed E-state index contributed by atoms with van der Waals surface area (Å²) in [6.45, 7) is 0.452. The maximum Gasteiger partial charge on any atom is 0.290 e. The molecule has 3 amide bonds. The number of rotatable bonds is 6. The van der Waals surface area contributed by atoms with Crippen LogP contribution in [0.4, 0.5) is 11.4 Å². The Morgan fingerprint density at radius 3 is 2.67 bits per heavy atom. The Labute approximate surface area is 156 Å². The third-order valence-corrected chi connectivity index (χ3v) is 4.24. The molecule has 1 aromatic heterocycles. The monoisotopic (exact) mass is 371 g/mol. The van der Waals surface area contributed by atoms with Crippen LogP contribution in [0.3, 0.4) is 0 Å². The molecule has 8 heteroatoms. The second-order valence-electron chi connectivity index (χ2n) is 6.19. The van der Waals surface area contributed by atoms with Gasteiger partial charge in [0.1, 0.15) is 12.6 Å². The van der Waals surface area contributed by atoms with E-state index in [4.69, 9.17) is 9.15 Å². The van der Waals surface area contributed by atoms with Gasteiger partial charge in [0.25, 0.3) is 5.91 Å². The van der Waals surface area contributed by atoms with Crippen molar-refractivity contribution >= 4 is 29.1 Å². The highest BCUT2D eigenvalue weighted by Gasteiger charge is 2.35.